The largest absolute Gasteiger partial charge is 0.383 e. The predicted molar refractivity (Wildman–Crippen MR) is 72.6 cm³/mol. The van der Waals surface area contributed by atoms with Crippen molar-refractivity contribution in [3.8, 4) is 0 Å². The van der Waals surface area contributed by atoms with Crippen molar-refractivity contribution in [3.05, 3.63) is 35.4 Å². The Balaban J connectivity index is 2.50. The van der Waals surface area contributed by atoms with Crippen LogP contribution in [0, 0.1) is 0 Å². The van der Waals surface area contributed by atoms with Gasteiger partial charge in [0, 0.05) is 32.3 Å². The molecule has 1 aromatic carbocycles. The molecule has 0 aromatic heterocycles. The van der Waals surface area contributed by atoms with Gasteiger partial charge in [0.05, 0.1) is 6.61 Å². The van der Waals surface area contributed by atoms with Gasteiger partial charge in [-0.1, -0.05) is 19.1 Å². The normalized spacial score (nSPS) is 12.2. The van der Waals surface area contributed by atoms with Gasteiger partial charge in [-0.25, -0.2) is 0 Å². The molecule has 0 saturated carbocycles. The number of rotatable bonds is 7. The van der Waals surface area contributed by atoms with Gasteiger partial charge in [0.2, 0.25) is 0 Å². The molecule has 1 rings (SSSR count). The Bertz CT molecular complexity index is 363. The molecule has 100 valence electrons. The molecule has 1 atom stereocenters. The molecule has 0 bridgehead atoms. The molecule has 18 heavy (non-hydrogen) atoms. The Kier molecular flexibility index (Phi) is 6.39. The molecule has 2 N–H and O–H groups in total. The highest BCUT2D eigenvalue weighted by atomic mass is 16.5. The van der Waals surface area contributed by atoms with Crippen molar-refractivity contribution in [1.29, 1.82) is 0 Å². The average Bonchev–Trinajstić information content (AvgIpc) is 2.43. The lowest BCUT2D eigenvalue weighted by Gasteiger charge is -2.15. The Morgan fingerprint density at radius 1 is 1.33 bits per heavy atom. The van der Waals surface area contributed by atoms with Gasteiger partial charge >= 0.3 is 0 Å². The number of ether oxygens (including phenoxy) is 1. The third kappa shape index (κ3) is 4.47. The Morgan fingerprint density at radius 3 is 2.50 bits per heavy atom. The lowest BCUT2D eigenvalue weighted by atomic mass is 10.1. The summed E-state index contributed by atoms with van der Waals surface area (Å²) in [6.45, 7) is 3.63. The second-order valence-electron chi connectivity index (χ2n) is 4.22. The molecule has 0 heterocycles. The quantitative estimate of drug-likeness (QED) is 0.772. The molecular weight excluding hydrogens is 228 g/mol. The lowest BCUT2D eigenvalue weighted by Crippen LogP contribution is -2.32. The molecule has 4 nitrogen and oxygen atoms in total. The molecule has 0 aliphatic carbocycles. The van der Waals surface area contributed by atoms with Crippen molar-refractivity contribution in [3.63, 3.8) is 0 Å². The van der Waals surface area contributed by atoms with Gasteiger partial charge in [-0.05, 0) is 24.1 Å². The van der Waals surface area contributed by atoms with Gasteiger partial charge in [0.15, 0.2) is 0 Å². The summed E-state index contributed by atoms with van der Waals surface area (Å²) < 4.78 is 5.13. The number of carbonyl (C=O) groups excluding carboxylic acids is 1. The van der Waals surface area contributed by atoms with Crippen molar-refractivity contribution in [1.82, 2.24) is 10.6 Å². The van der Waals surface area contributed by atoms with Crippen LogP contribution < -0.4 is 10.6 Å². The topological polar surface area (TPSA) is 50.4 Å². The molecule has 0 spiro atoms. The summed E-state index contributed by atoms with van der Waals surface area (Å²) in [6, 6.07) is 7.99. The molecule has 1 unspecified atom stereocenters. The van der Waals surface area contributed by atoms with Crippen LogP contribution in [0.5, 0.6) is 0 Å². The van der Waals surface area contributed by atoms with E-state index in [1.54, 1.807) is 14.2 Å². The molecule has 0 fully saturated rings. The minimum Gasteiger partial charge on any atom is -0.383 e. The zero-order chi connectivity index (χ0) is 13.4. The van der Waals surface area contributed by atoms with Gasteiger partial charge in [-0.15, -0.1) is 0 Å². The fourth-order valence-corrected chi connectivity index (χ4v) is 1.70. The zero-order valence-electron chi connectivity index (χ0n) is 11.3. The van der Waals surface area contributed by atoms with Crippen LogP contribution in [-0.4, -0.2) is 32.7 Å². The van der Waals surface area contributed by atoms with Gasteiger partial charge in [0.25, 0.3) is 5.91 Å². The number of hydrogen-bond donors (Lipinski definition) is 2. The highest BCUT2D eigenvalue weighted by molar-refractivity contribution is 5.93. The summed E-state index contributed by atoms with van der Waals surface area (Å²) in [6.07, 6.45) is 1.03. The number of hydrogen-bond acceptors (Lipinski definition) is 3. The Hall–Kier alpha value is -1.39. The predicted octanol–water partition coefficient (Wildman–Crippen LogP) is 1.56. The van der Waals surface area contributed by atoms with Crippen molar-refractivity contribution in [2.45, 2.75) is 25.9 Å². The highest BCUT2D eigenvalue weighted by Crippen LogP contribution is 2.05. The Labute approximate surface area is 109 Å². The minimum absolute atomic E-state index is 0.0553. The van der Waals surface area contributed by atoms with Crippen LogP contribution in [0.3, 0.4) is 0 Å². The third-order valence-electron chi connectivity index (χ3n) is 2.90. The lowest BCUT2D eigenvalue weighted by molar-refractivity contribution is 0.0963. The molecular formula is C14H22N2O2. The van der Waals surface area contributed by atoms with E-state index in [-0.39, 0.29) is 5.91 Å². The van der Waals surface area contributed by atoms with Crippen LogP contribution in [0.25, 0.3) is 0 Å². The van der Waals surface area contributed by atoms with Crippen molar-refractivity contribution in [2.24, 2.45) is 0 Å². The van der Waals surface area contributed by atoms with E-state index in [4.69, 9.17) is 4.74 Å². The zero-order valence-corrected chi connectivity index (χ0v) is 11.3. The maximum absolute atomic E-state index is 11.4. The average molecular weight is 250 g/mol. The monoisotopic (exact) mass is 250 g/mol. The van der Waals surface area contributed by atoms with Crippen molar-refractivity contribution in [2.75, 3.05) is 20.8 Å². The van der Waals surface area contributed by atoms with Crippen LogP contribution >= 0.6 is 0 Å². The minimum atomic E-state index is -0.0553. The first-order chi connectivity index (χ1) is 8.71. The second-order valence-corrected chi connectivity index (χ2v) is 4.22. The van der Waals surface area contributed by atoms with Crippen LogP contribution in [0.2, 0.25) is 0 Å². The summed E-state index contributed by atoms with van der Waals surface area (Å²) >= 11 is 0. The van der Waals surface area contributed by atoms with E-state index in [0.717, 1.165) is 18.5 Å². The van der Waals surface area contributed by atoms with Gasteiger partial charge in [-0.2, -0.15) is 0 Å². The number of methoxy groups -OCH3 is 1. The first-order valence-electron chi connectivity index (χ1n) is 6.24. The molecule has 0 saturated heterocycles. The van der Waals surface area contributed by atoms with E-state index in [0.29, 0.717) is 18.2 Å². The van der Waals surface area contributed by atoms with Crippen molar-refractivity contribution < 1.29 is 9.53 Å². The SMILES string of the molecule is CCC(COC)NCc1ccc(C(=O)NC)cc1. The van der Waals surface area contributed by atoms with Crippen LogP contribution in [0.15, 0.2) is 24.3 Å². The number of amides is 1. The van der Waals surface area contributed by atoms with Crippen LogP contribution in [0.1, 0.15) is 29.3 Å². The smallest absolute Gasteiger partial charge is 0.251 e. The molecule has 0 aliphatic rings. The van der Waals surface area contributed by atoms with E-state index < -0.39 is 0 Å². The summed E-state index contributed by atoms with van der Waals surface area (Å²) in [5.74, 6) is -0.0553. The van der Waals surface area contributed by atoms with E-state index in [1.807, 2.05) is 24.3 Å². The number of benzene rings is 1. The third-order valence-corrected chi connectivity index (χ3v) is 2.90. The summed E-state index contributed by atoms with van der Waals surface area (Å²) in [7, 11) is 3.34. The second kappa shape index (κ2) is 7.84. The highest BCUT2D eigenvalue weighted by Gasteiger charge is 2.05. The molecule has 0 radical (unpaired) electrons. The van der Waals surface area contributed by atoms with E-state index in [2.05, 4.69) is 17.6 Å². The molecule has 1 aromatic rings. The number of nitrogens with one attached hydrogen (secondary N) is 2. The van der Waals surface area contributed by atoms with Gasteiger partial charge in [-0.3, -0.25) is 4.79 Å². The Morgan fingerprint density at radius 2 is 2.00 bits per heavy atom. The van der Waals surface area contributed by atoms with Gasteiger partial charge < -0.3 is 15.4 Å². The standard InChI is InChI=1S/C14H22N2O2/c1-4-13(10-18-3)16-9-11-5-7-12(8-6-11)14(17)15-2/h5-8,13,16H,4,9-10H2,1-3H3,(H,15,17). The maximum Gasteiger partial charge on any atom is 0.251 e. The van der Waals surface area contributed by atoms with Gasteiger partial charge in [0.1, 0.15) is 0 Å². The van der Waals surface area contributed by atoms with Crippen LogP contribution in [0.4, 0.5) is 0 Å². The van der Waals surface area contributed by atoms with E-state index in [9.17, 15) is 4.79 Å². The number of carbonyl (C=O) groups is 1. The van der Waals surface area contributed by atoms with Crippen LogP contribution in [-0.2, 0) is 11.3 Å². The summed E-state index contributed by atoms with van der Waals surface area (Å²) in [5.41, 5.74) is 1.85. The first kappa shape index (κ1) is 14.7. The molecule has 1 amide bonds. The fourth-order valence-electron chi connectivity index (χ4n) is 1.70. The van der Waals surface area contributed by atoms with E-state index >= 15 is 0 Å². The molecule has 0 aliphatic heterocycles. The fraction of sp³-hybridized carbons (Fsp3) is 0.500. The molecule has 4 heteroatoms. The summed E-state index contributed by atoms with van der Waals surface area (Å²) in [5, 5.41) is 6.03. The summed E-state index contributed by atoms with van der Waals surface area (Å²) in [4.78, 5) is 11.4. The maximum atomic E-state index is 11.4. The van der Waals surface area contributed by atoms with Crippen molar-refractivity contribution >= 4 is 5.91 Å². The van der Waals surface area contributed by atoms with E-state index in [1.165, 1.54) is 0 Å². The first-order valence-corrected chi connectivity index (χ1v) is 6.24.